The van der Waals surface area contributed by atoms with Crippen LogP contribution in [0.3, 0.4) is 0 Å². The molecule has 3 aromatic carbocycles. The molecular weight excluding hydrogens is 1040 g/mol. The standard InChI is InChI=1S/C54H61ClF2N10O9S/c1-7-43(70)65-15-17-66(18-16-65)51-36-26-37(55)46(47-38(56)9-8-10-40(47)69)48(57)49(36)61-54(62-51)58-14-13-44(71)64(6)19-20-74-21-22-75-41-24-33(50-32(5)60-29-77-50)11-12-34(41)27-59-52(72)39-25-35(68)28-67(39)53(73)45(30(2)3)42-23-31(4)63-76-42/h7-12,23-24,26,29-30,35,39,45,68-69H,1,13-22,25,27-28H2,2-6H3,(H,59,72)(H,58,61,62)/t35-,39+,45+/m1/s1. The lowest BCUT2D eigenvalue weighted by atomic mass is 9.91. The molecule has 23 heteroatoms. The number of aromatic hydroxyl groups is 1. The summed E-state index contributed by atoms with van der Waals surface area (Å²) in [5.41, 5.74) is 3.80. The first-order valence-electron chi connectivity index (χ1n) is 25.2. The van der Waals surface area contributed by atoms with Crippen LogP contribution >= 0.6 is 22.9 Å². The fraction of sp³-hybridized carbons (Fsp3) is 0.407. The molecule has 0 unspecified atom stereocenters. The summed E-state index contributed by atoms with van der Waals surface area (Å²) in [6.45, 7) is 13.2. The molecule has 2 aliphatic rings. The van der Waals surface area contributed by atoms with E-state index >= 15 is 8.78 Å². The van der Waals surface area contributed by atoms with E-state index in [4.69, 9.17) is 30.6 Å². The Labute approximate surface area is 452 Å². The monoisotopic (exact) mass is 1100 g/mol. The quantitative estimate of drug-likeness (QED) is 0.0426. The van der Waals surface area contributed by atoms with Gasteiger partial charge in [0, 0.05) is 94.8 Å². The fourth-order valence-electron chi connectivity index (χ4n) is 9.47. The van der Waals surface area contributed by atoms with Crippen LogP contribution in [0.4, 0.5) is 20.5 Å². The van der Waals surface area contributed by atoms with Crippen LogP contribution in [0.2, 0.25) is 5.02 Å². The molecule has 3 aromatic heterocycles. The lowest BCUT2D eigenvalue weighted by Crippen LogP contribution is -2.48. The molecule has 6 aromatic rings. The summed E-state index contributed by atoms with van der Waals surface area (Å²) in [5, 5.41) is 31.2. The number of hydrogen-bond donors (Lipinski definition) is 4. The Bertz CT molecular complexity index is 3130. The molecule has 408 valence electrons. The summed E-state index contributed by atoms with van der Waals surface area (Å²) in [7, 11) is 1.64. The molecule has 0 radical (unpaired) electrons. The average molecular weight is 1100 g/mol. The summed E-state index contributed by atoms with van der Waals surface area (Å²) in [4.78, 5) is 74.3. The van der Waals surface area contributed by atoms with E-state index < -0.39 is 46.9 Å². The second-order valence-electron chi connectivity index (χ2n) is 19.2. The van der Waals surface area contributed by atoms with Gasteiger partial charge in [0.05, 0.1) is 51.7 Å². The molecule has 4 amide bonds. The Balaban J connectivity index is 0.865. The number of halogens is 3. The van der Waals surface area contributed by atoms with Gasteiger partial charge in [0.25, 0.3) is 0 Å². The second kappa shape index (κ2) is 24.8. The van der Waals surface area contributed by atoms with E-state index in [0.29, 0.717) is 54.8 Å². The molecule has 4 N–H and O–H groups in total. The lowest BCUT2D eigenvalue weighted by Gasteiger charge is -2.35. The number of thiazole rings is 1. The van der Waals surface area contributed by atoms with Crippen LogP contribution in [0, 0.1) is 31.4 Å². The van der Waals surface area contributed by atoms with Crippen LogP contribution in [-0.2, 0) is 30.5 Å². The number of rotatable bonds is 21. The Hall–Kier alpha value is -7.27. The van der Waals surface area contributed by atoms with E-state index in [0.717, 1.165) is 22.2 Å². The number of nitrogens with one attached hydrogen (secondary N) is 2. The molecule has 2 aliphatic heterocycles. The zero-order chi connectivity index (χ0) is 55.1. The molecule has 2 fully saturated rings. The third-order valence-corrected chi connectivity index (χ3v) is 14.8. The number of likely N-dealkylation sites (N-methyl/N-ethyl adjacent to an activating group) is 1. The highest BCUT2D eigenvalue weighted by Crippen LogP contribution is 2.43. The summed E-state index contributed by atoms with van der Waals surface area (Å²) in [6.07, 6.45) is 0.439. The molecule has 3 atom stereocenters. The number of aryl methyl sites for hydroxylation is 2. The summed E-state index contributed by atoms with van der Waals surface area (Å²) >= 11 is 8.09. The number of phenolic OH excluding ortho intramolecular Hbond substituents is 1. The largest absolute Gasteiger partial charge is 0.507 e. The number of β-amino-alcohol motifs (C(OH)–C–C–N with tert-alkyl or cyclic N) is 1. The van der Waals surface area contributed by atoms with Gasteiger partial charge in [-0.25, -0.2) is 18.7 Å². The van der Waals surface area contributed by atoms with Crippen molar-refractivity contribution in [2.75, 3.05) is 82.9 Å². The number of aliphatic hydroxyl groups is 1. The minimum Gasteiger partial charge on any atom is -0.507 e. The molecule has 77 heavy (non-hydrogen) atoms. The van der Waals surface area contributed by atoms with Crippen molar-refractivity contribution in [3.05, 3.63) is 106 Å². The number of piperazine rings is 1. The molecule has 0 bridgehead atoms. The van der Waals surface area contributed by atoms with Gasteiger partial charge in [0.1, 0.15) is 53.0 Å². The molecule has 0 aliphatic carbocycles. The number of ether oxygens (including phenoxy) is 2. The van der Waals surface area contributed by atoms with Gasteiger partial charge < -0.3 is 54.4 Å². The van der Waals surface area contributed by atoms with Crippen LogP contribution in [-0.4, -0.2) is 153 Å². The van der Waals surface area contributed by atoms with Crippen LogP contribution in [0.5, 0.6) is 11.5 Å². The summed E-state index contributed by atoms with van der Waals surface area (Å²) < 4.78 is 49.3. The van der Waals surface area contributed by atoms with Crippen LogP contribution in [0.1, 0.15) is 55.3 Å². The number of anilines is 2. The smallest absolute Gasteiger partial charge is 0.246 e. The molecule has 0 saturated carbocycles. The normalized spacial score (nSPS) is 16.0. The number of nitrogens with zero attached hydrogens (tertiary/aromatic N) is 8. The second-order valence-corrected chi connectivity index (χ2v) is 20.5. The molecule has 0 spiro atoms. The number of hydrogen-bond acceptors (Lipinski definition) is 16. The van der Waals surface area contributed by atoms with Gasteiger partial charge >= 0.3 is 0 Å². The molecule has 19 nitrogen and oxygen atoms in total. The van der Waals surface area contributed by atoms with Gasteiger partial charge in [-0.3, -0.25) is 19.2 Å². The van der Waals surface area contributed by atoms with E-state index in [1.165, 1.54) is 45.4 Å². The highest BCUT2D eigenvalue weighted by Gasteiger charge is 2.43. The van der Waals surface area contributed by atoms with Crippen LogP contribution in [0.25, 0.3) is 32.5 Å². The third kappa shape index (κ3) is 12.8. The van der Waals surface area contributed by atoms with Crippen molar-refractivity contribution in [3.63, 3.8) is 0 Å². The van der Waals surface area contributed by atoms with Crippen molar-refractivity contribution in [1.29, 1.82) is 0 Å². The molecular formula is C54H61ClF2N10O9S. The maximum Gasteiger partial charge on any atom is 0.246 e. The summed E-state index contributed by atoms with van der Waals surface area (Å²) in [5.74, 6) is -3.23. The van der Waals surface area contributed by atoms with Crippen molar-refractivity contribution < 1.29 is 52.2 Å². The molecule has 5 heterocycles. The van der Waals surface area contributed by atoms with E-state index in [-0.39, 0.29) is 110 Å². The zero-order valence-electron chi connectivity index (χ0n) is 43.4. The van der Waals surface area contributed by atoms with Crippen LogP contribution < -0.4 is 20.3 Å². The Morgan fingerprint density at radius 2 is 1.82 bits per heavy atom. The average Bonchev–Trinajstić information content (AvgIpc) is 4.21. The van der Waals surface area contributed by atoms with Gasteiger partial charge in [-0.05, 0) is 55.7 Å². The van der Waals surface area contributed by atoms with Gasteiger partial charge in [-0.2, -0.15) is 4.98 Å². The maximum atomic E-state index is 16.6. The molecule has 8 rings (SSSR count). The number of phenols is 1. The Morgan fingerprint density at radius 3 is 2.51 bits per heavy atom. The lowest BCUT2D eigenvalue weighted by molar-refractivity contribution is -0.141. The number of amides is 4. The van der Waals surface area contributed by atoms with E-state index in [1.807, 2.05) is 43.9 Å². The van der Waals surface area contributed by atoms with Crippen molar-refractivity contribution in [2.24, 2.45) is 5.92 Å². The highest BCUT2D eigenvalue weighted by atomic mass is 35.5. The molecule has 2 saturated heterocycles. The number of aliphatic hydroxyl groups excluding tert-OH is 1. The van der Waals surface area contributed by atoms with E-state index in [9.17, 15) is 29.4 Å². The number of carbonyl (C=O) groups is 4. The van der Waals surface area contributed by atoms with E-state index in [1.54, 1.807) is 30.4 Å². The van der Waals surface area contributed by atoms with Crippen molar-refractivity contribution in [3.8, 4) is 33.1 Å². The SMILES string of the molecule is C=CC(=O)N1CCN(c2nc(NCCC(=O)N(C)CCOCCOc3cc(-c4scnc4C)ccc3CNC(=O)[C@@H]3C[C@@H](O)CN3C(=O)[C@H](c3cc(C)no3)C(C)C)nc3c(F)c(-c4c(O)cccc4F)c(Cl)cc23)CC1. The van der Waals surface area contributed by atoms with Crippen LogP contribution in [0.15, 0.2) is 71.2 Å². The number of benzene rings is 3. The Morgan fingerprint density at radius 1 is 1.04 bits per heavy atom. The first kappa shape index (κ1) is 55.9. The first-order valence-corrected chi connectivity index (χ1v) is 26.4. The predicted molar refractivity (Wildman–Crippen MR) is 287 cm³/mol. The predicted octanol–water partition coefficient (Wildman–Crippen LogP) is 6.87. The topological polar surface area (TPSA) is 229 Å². The van der Waals surface area contributed by atoms with Gasteiger partial charge in [-0.1, -0.05) is 55.4 Å². The number of fused-ring (bicyclic) bond motifs is 1. The number of likely N-dealkylation sites (tertiary alicyclic amines) is 1. The third-order valence-electron chi connectivity index (χ3n) is 13.6. The van der Waals surface area contributed by atoms with E-state index in [2.05, 4.69) is 32.3 Å². The van der Waals surface area contributed by atoms with Crippen molar-refractivity contribution >= 4 is 69.2 Å². The van der Waals surface area contributed by atoms with Crippen molar-refractivity contribution in [1.82, 2.24) is 40.1 Å². The van der Waals surface area contributed by atoms with Gasteiger partial charge in [-0.15, -0.1) is 11.3 Å². The van der Waals surface area contributed by atoms with Crippen molar-refractivity contribution in [2.45, 2.75) is 65.1 Å². The minimum atomic E-state index is -0.982. The fourth-order valence-corrected chi connectivity index (χ4v) is 10.6. The zero-order valence-corrected chi connectivity index (χ0v) is 44.9. The minimum absolute atomic E-state index is 0.00152. The first-order chi connectivity index (χ1) is 36.9. The number of aromatic nitrogens is 4. The summed E-state index contributed by atoms with van der Waals surface area (Å²) in [6, 6.07) is 11.5. The highest BCUT2D eigenvalue weighted by molar-refractivity contribution is 7.13. The van der Waals surface area contributed by atoms with Gasteiger partial charge in [0.2, 0.25) is 29.6 Å². The maximum absolute atomic E-state index is 16.6. The van der Waals surface area contributed by atoms with Gasteiger partial charge in [0.15, 0.2) is 5.82 Å². The Kier molecular flexibility index (Phi) is 18.0. The number of carbonyl (C=O) groups excluding carboxylic acids is 4.